The lowest BCUT2D eigenvalue weighted by atomic mass is 10.6. The van der Waals surface area contributed by atoms with Gasteiger partial charge in [0.15, 0.2) is 5.96 Å². The summed E-state index contributed by atoms with van der Waals surface area (Å²) in [7, 11) is 0. The Morgan fingerprint density at radius 3 is 2.00 bits per heavy atom. The topological polar surface area (TPSA) is 114 Å². The molecular weight excluding hydrogens is 190 g/mol. The number of aliphatic hydroxyl groups is 2. The van der Waals surface area contributed by atoms with Crippen LogP contribution in [-0.2, 0) is 4.79 Å². The average Bonchev–Trinajstić information content (AvgIpc) is 2.16. The first kappa shape index (κ1) is 12.7. The molecule has 0 aromatic carbocycles. The molecule has 0 heterocycles. The summed E-state index contributed by atoms with van der Waals surface area (Å²) in [6.07, 6.45) is 0. The number of carboxylic acid groups (broad SMARTS) is 1. The molecule has 0 atom stereocenters. The first-order valence-electron chi connectivity index (χ1n) is 4.16. The average molecular weight is 205 g/mol. The Bertz CT molecular complexity index is 185. The minimum atomic E-state index is -1.04. The van der Waals surface area contributed by atoms with Gasteiger partial charge in [0.25, 0.3) is 0 Å². The van der Waals surface area contributed by atoms with Gasteiger partial charge in [-0.05, 0) is 0 Å². The molecule has 82 valence electrons. The summed E-state index contributed by atoms with van der Waals surface area (Å²) in [5, 5.41) is 30.7. The van der Waals surface area contributed by atoms with Crippen molar-refractivity contribution < 1.29 is 20.1 Å². The predicted molar refractivity (Wildman–Crippen MR) is 50.1 cm³/mol. The highest BCUT2D eigenvalue weighted by Crippen LogP contribution is 1.73. The van der Waals surface area contributed by atoms with Gasteiger partial charge in [-0.25, -0.2) is 4.99 Å². The highest BCUT2D eigenvalue weighted by Gasteiger charge is 1.98. The molecule has 0 aliphatic rings. The maximum atomic E-state index is 10.2. The Kier molecular flexibility index (Phi) is 7.48. The van der Waals surface area contributed by atoms with Crippen molar-refractivity contribution in [1.82, 2.24) is 10.6 Å². The maximum Gasteiger partial charge on any atom is 0.325 e. The second-order valence-electron chi connectivity index (χ2n) is 2.36. The zero-order valence-electron chi connectivity index (χ0n) is 7.73. The number of hydrogen-bond acceptors (Lipinski definition) is 4. The first-order valence-corrected chi connectivity index (χ1v) is 4.16. The second-order valence-corrected chi connectivity index (χ2v) is 2.36. The van der Waals surface area contributed by atoms with Gasteiger partial charge in [-0.3, -0.25) is 4.79 Å². The van der Waals surface area contributed by atoms with E-state index in [1.165, 1.54) is 0 Å². The summed E-state index contributed by atoms with van der Waals surface area (Å²) in [4.78, 5) is 13.9. The monoisotopic (exact) mass is 205 g/mol. The molecular formula is C7H15N3O4. The molecule has 0 rings (SSSR count). The van der Waals surface area contributed by atoms with Gasteiger partial charge >= 0.3 is 5.97 Å². The Morgan fingerprint density at radius 1 is 1.14 bits per heavy atom. The number of rotatable bonds is 6. The van der Waals surface area contributed by atoms with Gasteiger partial charge in [-0.1, -0.05) is 0 Å². The molecule has 0 aromatic rings. The van der Waals surface area contributed by atoms with Crippen LogP contribution in [0.1, 0.15) is 0 Å². The van der Waals surface area contributed by atoms with E-state index in [0.29, 0.717) is 0 Å². The van der Waals surface area contributed by atoms with Crippen molar-refractivity contribution in [3.63, 3.8) is 0 Å². The van der Waals surface area contributed by atoms with Crippen LogP contribution in [0.4, 0.5) is 0 Å². The van der Waals surface area contributed by atoms with Crippen molar-refractivity contribution in [1.29, 1.82) is 0 Å². The van der Waals surface area contributed by atoms with Gasteiger partial charge in [0, 0.05) is 13.1 Å². The van der Waals surface area contributed by atoms with Crippen LogP contribution in [0.3, 0.4) is 0 Å². The molecule has 0 fully saturated rings. The highest BCUT2D eigenvalue weighted by molar-refractivity contribution is 5.82. The van der Waals surface area contributed by atoms with Gasteiger partial charge in [0.1, 0.15) is 6.54 Å². The molecule has 0 saturated heterocycles. The lowest BCUT2D eigenvalue weighted by Gasteiger charge is -2.09. The molecule has 0 spiro atoms. The Labute approximate surface area is 81.5 Å². The van der Waals surface area contributed by atoms with E-state index in [-0.39, 0.29) is 38.8 Å². The third kappa shape index (κ3) is 7.32. The van der Waals surface area contributed by atoms with Gasteiger partial charge in [-0.15, -0.1) is 0 Å². The van der Waals surface area contributed by atoms with E-state index in [1.807, 2.05) is 0 Å². The molecule has 0 aliphatic carbocycles. The maximum absolute atomic E-state index is 10.2. The minimum absolute atomic E-state index is 0.0765. The molecule has 14 heavy (non-hydrogen) atoms. The molecule has 0 aromatic heterocycles. The quantitative estimate of drug-likeness (QED) is 0.244. The number of hydrogen-bond donors (Lipinski definition) is 5. The van der Waals surface area contributed by atoms with Crippen LogP contribution in [0.2, 0.25) is 0 Å². The predicted octanol–water partition coefficient (Wildman–Crippen LogP) is -2.41. The number of aliphatic hydroxyl groups excluding tert-OH is 2. The fourth-order valence-electron chi connectivity index (χ4n) is 0.670. The zero-order chi connectivity index (χ0) is 10.8. The standard InChI is InChI=1S/C7H15N3O4/c11-3-1-8-7(9-2-4-12)10-5-6(13)14/h11-12H,1-5H2,(H,13,14)(H2,8,9,10). The fraction of sp³-hybridized carbons (Fsp3) is 0.714. The van der Waals surface area contributed by atoms with E-state index < -0.39 is 5.97 Å². The number of aliphatic carboxylic acids is 1. The number of nitrogens with one attached hydrogen (secondary N) is 2. The van der Waals surface area contributed by atoms with Crippen molar-refractivity contribution in [2.24, 2.45) is 4.99 Å². The van der Waals surface area contributed by atoms with Crippen LogP contribution >= 0.6 is 0 Å². The molecule has 0 unspecified atom stereocenters. The number of carbonyl (C=O) groups is 1. The van der Waals surface area contributed by atoms with Gasteiger partial charge in [-0.2, -0.15) is 0 Å². The van der Waals surface area contributed by atoms with E-state index in [0.717, 1.165) is 0 Å². The third-order valence-corrected chi connectivity index (χ3v) is 1.18. The zero-order valence-corrected chi connectivity index (χ0v) is 7.73. The smallest absolute Gasteiger partial charge is 0.325 e. The lowest BCUT2D eigenvalue weighted by Crippen LogP contribution is -2.40. The van der Waals surface area contributed by atoms with Crippen LogP contribution in [0.5, 0.6) is 0 Å². The van der Waals surface area contributed by atoms with E-state index in [9.17, 15) is 4.79 Å². The summed E-state index contributed by atoms with van der Waals surface area (Å²) in [5.74, 6) is -0.783. The van der Waals surface area contributed by atoms with E-state index in [2.05, 4.69) is 15.6 Å². The number of carboxylic acids is 1. The Morgan fingerprint density at radius 2 is 1.64 bits per heavy atom. The molecule has 0 saturated carbocycles. The summed E-state index contributed by atoms with van der Waals surface area (Å²) in [6.45, 7) is 0.0414. The van der Waals surface area contributed by atoms with E-state index >= 15 is 0 Å². The SMILES string of the molecule is O=C(O)CN=C(NCCO)NCCO. The number of aliphatic imine (C=N–C) groups is 1. The van der Waals surface area contributed by atoms with Gasteiger partial charge < -0.3 is 26.0 Å². The number of nitrogens with zero attached hydrogens (tertiary/aromatic N) is 1. The molecule has 0 amide bonds. The summed E-state index contributed by atoms with van der Waals surface area (Å²) in [5.41, 5.74) is 0. The van der Waals surface area contributed by atoms with Crippen molar-refractivity contribution in [2.75, 3.05) is 32.8 Å². The Hall–Kier alpha value is -1.34. The molecule has 0 aliphatic heterocycles. The van der Waals surface area contributed by atoms with Crippen LogP contribution in [0.25, 0.3) is 0 Å². The largest absolute Gasteiger partial charge is 0.480 e. The van der Waals surface area contributed by atoms with Crippen LogP contribution in [0, 0.1) is 0 Å². The molecule has 7 nitrogen and oxygen atoms in total. The normalized spacial score (nSPS) is 9.29. The van der Waals surface area contributed by atoms with Crippen LogP contribution in [-0.4, -0.2) is 60.1 Å². The van der Waals surface area contributed by atoms with Crippen LogP contribution in [0.15, 0.2) is 4.99 Å². The molecule has 7 heteroatoms. The summed E-state index contributed by atoms with van der Waals surface area (Å²) >= 11 is 0. The first-order chi connectivity index (χ1) is 6.70. The van der Waals surface area contributed by atoms with E-state index in [1.54, 1.807) is 0 Å². The molecule has 0 bridgehead atoms. The highest BCUT2D eigenvalue weighted by atomic mass is 16.4. The van der Waals surface area contributed by atoms with Crippen LogP contribution < -0.4 is 10.6 Å². The fourth-order valence-corrected chi connectivity index (χ4v) is 0.670. The number of guanidine groups is 1. The van der Waals surface area contributed by atoms with Crippen molar-refractivity contribution in [2.45, 2.75) is 0 Å². The van der Waals surface area contributed by atoms with Crippen molar-refractivity contribution >= 4 is 11.9 Å². The summed E-state index contributed by atoms with van der Waals surface area (Å²) < 4.78 is 0. The van der Waals surface area contributed by atoms with Crippen molar-refractivity contribution in [3.8, 4) is 0 Å². The van der Waals surface area contributed by atoms with E-state index in [4.69, 9.17) is 15.3 Å². The Balaban J connectivity index is 3.94. The summed E-state index contributed by atoms with van der Waals surface area (Å²) in [6, 6.07) is 0. The van der Waals surface area contributed by atoms with Gasteiger partial charge in [0.2, 0.25) is 0 Å². The molecule has 5 N–H and O–H groups in total. The van der Waals surface area contributed by atoms with Crippen molar-refractivity contribution in [3.05, 3.63) is 0 Å². The second kappa shape index (κ2) is 8.27. The van der Waals surface area contributed by atoms with Gasteiger partial charge in [0.05, 0.1) is 13.2 Å². The lowest BCUT2D eigenvalue weighted by molar-refractivity contribution is -0.135. The third-order valence-electron chi connectivity index (χ3n) is 1.18. The molecule has 0 radical (unpaired) electrons. The minimum Gasteiger partial charge on any atom is -0.480 e.